The highest BCUT2D eigenvalue weighted by atomic mass is 32.1. The molecule has 1 aliphatic heterocycles. The van der Waals surface area contributed by atoms with Gasteiger partial charge in [0.15, 0.2) is 0 Å². The van der Waals surface area contributed by atoms with Crippen molar-refractivity contribution in [3.8, 4) is 5.75 Å². The predicted molar refractivity (Wildman–Crippen MR) is 119 cm³/mol. The third kappa shape index (κ3) is 5.28. The topological polar surface area (TPSA) is 84.4 Å². The highest BCUT2D eigenvalue weighted by Crippen LogP contribution is 2.24. The summed E-state index contributed by atoms with van der Waals surface area (Å²) in [7, 11) is 1.63. The quantitative estimate of drug-likeness (QED) is 0.613. The first-order valence-corrected chi connectivity index (χ1v) is 11.1. The molecular formula is C23H23FN4O3S. The Hall–Kier alpha value is -3.33. The number of hydrogen-bond acceptors (Lipinski definition) is 6. The van der Waals surface area contributed by atoms with Gasteiger partial charge in [-0.15, -0.1) is 10.2 Å². The van der Waals surface area contributed by atoms with Crippen molar-refractivity contribution >= 4 is 28.3 Å². The molecule has 2 aromatic carbocycles. The Kier molecular flexibility index (Phi) is 6.75. The lowest BCUT2D eigenvalue weighted by Crippen LogP contribution is -2.41. The van der Waals surface area contributed by atoms with Gasteiger partial charge >= 0.3 is 0 Å². The summed E-state index contributed by atoms with van der Waals surface area (Å²) in [4.78, 5) is 26.9. The van der Waals surface area contributed by atoms with Crippen LogP contribution in [-0.4, -0.2) is 47.1 Å². The van der Waals surface area contributed by atoms with Crippen LogP contribution in [0.25, 0.3) is 0 Å². The zero-order valence-electron chi connectivity index (χ0n) is 17.6. The van der Waals surface area contributed by atoms with Crippen molar-refractivity contribution in [2.45, 2.75) is 19.3 Å². The Labute approximate surface area is 189 Å². The van der Waals surface area contributed by atoms with Crippen LogP contribution in [0.5, 0.6) is 5.75 Å². The lowest BCUT2D eigenvalue weighted by molar-refractivity contribution is -0.121. The number of aromatic nitrogens is 2. The van der Waals surface area contributed by atoms with Crippen molar-refractivity contribution in [3.63, 3.8) is 0 Å². The highest BCUT2D eigenvalue weighted by molar-refractivity contribution is 7.15. The van der Waals surface area contributed by atoms with Crippen LogP contribution in [0.4, 0.5) is 9.52 Å². The van der Waals surface area contributed by atoms with Gasteiger partial charge in [0, 0.05) is 31.0 Å². The zero-order chi connectivity index (χ0) is 22.5. The van der Waals surface area contributed by atoms with E-state index in [1.54, 1.807) is 12.0 Å². The molecule has 1 N–H and O–H groups in total. The summed E-state index contributed by atoms with van der Waals surface area (Å²) in [5, 5.41) is 12.4. The molecule has 0 aliphatic carbocycles. The van der Waals surface area contributed by atoms with Crippen LogP contribution in [0.15, 0.2) is 48.5 Å². The molecule has 9 heteroatoms. The van der Waals surface area contributed by atoms with Gasteiger partial charge in [-0.1, -0.05) is 23.5 Å². The summed E-state index contributed by atoms with van der Waals surface area (Å²) in [6.07, 6.45) is 1.76. The number of amides is 2. The van der Waals surface area contributed by atoms with Gasteiger partial charge in [-0.2, -0.15) is 0 Å². The van der Waals surface area contributed by atoms with E-state index in [0.29, 0.717) is 43.0 Å². The SMILES string of the molecule is COc1ccc(Cc2nnc(NC(=O)C3CCN(C(=O)c4ccc(F)cc4)CC3)s2)cc1. The molecular weight excluding hydrogens is 431 g/mol. The fraction of sp³-hybridized carbons (Fsp3) is 0.304. The largest absolute Gasteiger partial charge is 0.497 e. The number of rotatable bonds is 6. The maximum atomic E-state index is 13.1. The molecule has 1 saturated heterocycles. The van der Waals surface area contributed by atoms with Gasteiger partial charge in [-0.25, -0.2) is 4.39 Å². The zero-order valence-corrected chi connectivity index (χ0v) is 18.4. The van der Waals surface area contributed by atoms with Crippen LogP contribution in [0.1, 0.15) is 33.8 Å². The van der Waals surface area contributed by atoms with E-state index in [1.165, 1.54) is 35.6 Å². The molecule has 1 aromatic heterocycles. The summed E-state index contributed by atoms with van der Waals surface area (Å²) in [5.41, 5.74) is 1.53. The normalized spacial score (nSPS) is 14.2. The number of hydrogen-bond donors (Lipinski definition) is 1. The highest BCUT2D eigenvalue weighted by Gasteiger charge is 2.28. The Morgan fingerprint density at radius 3 is 2.44 bits per heavy atom. The Balaban J connectivity index is 1.27. The minimum Gasteiger partial charge on any atom is -0.497 e. The molecule has 0 spiro atoms. The number of anilines is 1. The standard InChI is InChI=1S/C23H23FN4O3S/c1-31-19-8-2-15(3-9-19)14-20-26-27-23(32-20)25-21(29)16-10-12-28(13-11-16)22(30)17-4-6-18(24)7-5-17/h2-9,16H,10-14H2,1H3,(H,25,27,29). The van der Waals surface area contributed by atoms with Gasteiger partial charge in [-0.05, 0) is 54.8 Å². The summed E-state index contributed by atoms with van der Waals surface area (Å²) in [5.74, 6) is -0.0199. The lowest BCUT2D eigenvalue weighted by Gasteiger charge is -2.31. The number of ether oxygens (including phenoxy) is 1. The molecule has 1 fully saturated rings. The molecule has 0 atom stereocenters. The van der Waals surface area contributed by atoms with Crippen molar-refractivity contribution in [2.24, 2.45) is 5.92 Å². The van der Waals surface area contributed by atoms with Crippen molar-refractivity contribution in [3.05, 3.63) is 70.5 Å². The average Bonchev–Trinajstić information content (AvgIpc) is 3.26. The van der Waals surface area contributed by atoms with Crippen molar-refractivity contribution < 1.29 is 18.7 Å². The molecule has 1 aliphatic rings. The van der Waals surface area contributed by atoms with E-state index in [0.717, 1.165) is 16.3 Å². The Morgan fingerprint density at radius 2 is 1.78 bits per heavy atom. The maximum Gasteiger partial charge on any atom is 0.253 e. The van der Waals surface area contributed by atoms with Gasteiger partial charge in [-0.3, -0.25) is 9.59 Å². The second kappa shape index (κ2) is 9.86. The fourth-order valence-electron chi connectivity index (χ4n) is 3.62. The molecule has 4 rings (SSSR count). The monoisotopic (exact) mass is 454 g/mol. The van der Waals surface area contributed by atoms with Gasteiger partial charge < -0.3 is 15.0 Å². The number of carbonyl (C=O) groups excluding carboxylic acids is 2. The molecule has 0 saturated carbocycles. The van der Waals surface area contributed by atoms with Gasteiger partial charge in [0.1, 0.15) is 16.6 Å². The summed E-state index contributed by atoms with van der Waals surface area (Å²) < 4.78 is 18.2. The van der Waals surface area contributed by atoms with Crippen LogP contribution in [0.2, 0.25) is 0 Å². The van der Waals surface area contributed by atoms with Crippen LogP contribution < -0.4 is 10.1 Å². The molecule has 2 heterocycles. The van der Waals surface area contributed by atoms with Crippen LogP contribution in [-0.2, 0) is 11.2 Å². The number of nitrogens with zero attached hydrogens (tertiary/aromatic N) is 3. The molecule has 0 radical (unpaired) electrons. The second-order valence-electron chi connectivity index (χ2n) is 7.59. The molecule has 7 nitrogen and oxygen atoms in total. The van der Waals surface area contributed by atoms with Crippen molar-refractivity contribution in [1.29, 1.82) is 0 Å². The van der Waals surface area contributed by atoms with Crippen molar-refractivity contribution in [2.75, 3.05) is 25.5 Å². The van der Waals surface area contributed by atoms with Crippen LogP contribution in [0.3, 0.4) is 0 Å². The van der Waals surface area contributed by atoms with Crippen molar-refractivity contribution in [1.82, 2.24) is 15.1 Å². The van der Waals surface area contributed by atoms with Crippen LogP contribution in [0, 0.1) is 11.7 Å². The molecule has 166 valence electrons. The summed E-state index contributed by atoms with van der Waals surface area (Å²) in [6.45, 7) is 0.959. The molecule has 0 bridgehead atoms. The van der Waals surface area contributed by atoms with E-state index in [-0.39, 0.29) is 23.5 Å². The first-order chi connectivity index (χ1) is 15.5. The average molecular weight is 455 g/mol. The number of benzene rings is 2. The van der Waals surface area contributed by atoms with E-state index in [4.69, 9.17) is 4.74 Å². The third-order valence-corrected chi connectivity index (χ3v) is 6.29. The van der Waals surface area contributed by atoms with E-state index in [9.17, 15) is 14.0 Å². The Morgan fingerprint density at radius 1 is 1.09 bits per heavy atom. The maximum absolute atomic E-state index is 13.1. The predicted octanol–water partition coefficient (Wildman–Crippen LogP) is 3.77. The minimum absolute atomic E-state index is 0.106. The first-order valence-electron chi connectivity index (χ1n) is 10.3. The molecule has 2 amide bonds. The minimum atomic E-state index is -0.374. The number of piperidine rings is 1. The second-order valence-corrected chi connectivity index (χ2v) is 8.65. The smallest absolute Gasteiger partial charge is 0.253 e. The number of halogens is 1. The molecule has 32 heavy (non-hydrogen) atoms. The number of carbonyl (C=O) groups is 2. The molecule has 0 unspecified atom stereocenters. The van der Waals surface area contributed by atoms with Gasteiger partial charge in [0.2, 0.25) is 11.0 Å². The first kappa shape index (κ1) is 21.9. The number of likely N-dealkylation sites (tertiary alicyclic amines) is 1. The van der Waals surface area contributed by atoms with Gasteiger partial charge in [0.25, 0.3) is 5.91 Å². The number of nitrogens with one attached hydrogen (secondary N) is 1. The van der Waals surface area contributed by atoms with E-state index in [1.807, 2.05) is 24.3 Å². The number of methoxy groups -OCH3 is 1. The summed E-state index contributed by atoms with van der Waals surface area (Å²) >= 11 is 1.35. The van der Waals surface area contributed by atoms with Gasteiger partial charge in [0.05, 0.1) is 7.11 Å². The van der Waals surface area contributed by atoms with E-state index in [2.05, 4.69) is 15.5 Å². The van der Waals surface area contributed by atoms with E-state index >= 15 is 0 Å². The van der Waals surface area contributed by atoms with E-state index < -0.39 is 0 Å². The third-order valence-electron chi connectivity index (χ3n) is 5.46. The summed E-state index contributed by atoms with van der Waals surface area (Å²) in [6, 6.07) is 13.2. The Bertz CT molecular complexity index is 1080. The fourth-order valence-corrected chi connectivity index (χ4v) is 4.40. The van der Waals surface area contributed by atoms with Crippen LogP contribution >= 0.6 is 11.3 Å². The molecule has 3 aromatic rings. The lowest BCUT2D eigenvalue weighted by atomic mass is 9.95.